The van der Waals surface area contributed by atoms with Crippen LogP contribution in [0.4, 0.5) is 14.5 Å². The van der Waals surface area contributed by atoms with Gasteiger partial charge in [-0.15, -0.1) is 0 Å². The Morgan fingerprint density at radius 3 is 2.58 bits per heavy atom. The van der Waals surface area contributed by atoms with Gasteiger partial charge in [0.1, 0.15) is 11.2 Å². The lowest BCUT2D eigenvalue weighted by atomic mass is 10.1. The first-order valence-electron chi connectivity index (χ1n) is 10.5. The molecule has 0 radical (unpaired) electrons. The molecule has 1 aliphatic heterocycles. The van der Waals surface area contributed by atoms with Gasteiger partial charge < -0.3 is 15.2 Å². The van der Waals surface area contributed by atoms with Crippen molar-refractivity contribution in [2.75, 3.05) is 37.6 Å². The molecule has 0 amide bonds. The molecule has 9 heteroatoms. The molecule has 2 N–H and O–H groups in total. The van der Waals surface area contributed by atoms with Crippen LogP contribution in [-0.2, 0) is 13.1 Å². The monoisotopic (exact) mass is 428 g/mol. The van der Waals surface area contributed by atoms with Gasteiger partial charge in [-0.2, -0.15) is 4.39 Å². The number of rotatable bonds is 6. The number of hydrogen-bond donors (Lipinski definition) is 2. The van der Waals surface area contributed by atoms with Crippen LogP contribution in [0.3, 0.4) is 0 Å². The molecule has 1 aromatic carbocycles. The van der Waals surface area contributed by atoms with Gasteiger partial charge in [0.15, 0.2) is 5.82 Å². The summed E-state index contributed by atoms with van der Waals surface area (Å²) >= 11 is 0. The summed E-state index contributed by atoms with van der Waals surface area (Å²) in [6.45, 7) is 7.92. The molecule has 0 unspecified atom stereocenters. The Balaban J connectivity index is 1.42. The summed E-state index contributed by atoms with van der Waals surface area (Å²) in [4.78, 5) is 26.7. The number of pyridine rings is 1. The van der Waals surface area contributed by atoms with E-state index in [1.54, 1.807) is 25.1 Å². The minimum absolute atomic E-state index is 0.137. The van der Waals surface area contributed by atoms with Crippen molar-refractivity contribution in [3.05, 3.63) is 63.3 Å². The molecule has 0 atom stereocenters. The summed E-state index contributed by atoms with van der Waals surface area (Å²) in [5, 5.41) is 3.14. The van der Waals surface area contributed by atoms with Gasteiger partial charge in [0, 0.05) is 44.8 Å². The molecule has 0 spiro atoms. The Morgan fingerprint density at radius 2 is 1.87 bits per heavy atom. The van der Waals surface area contributed by atoms with Crippen molar-refractivity contribution in [1.29, 1.82) is 0 Å². The van der Waals surface area contributed by atoms with Gasteiger partial charge in [0.2, 0.25) is 5.95 Å². The van der Waals surface area contributed by atoms with Gasteiger partial charge >= 0.3 is 0 Å². The van der Waals surface area contributed by atoms with Gasteiger partial charge in [-0.1, -0.05) is 13.0 Å². The highest BCUT2D eigenvalue weighted by Crippen LogP contribution is 2.22. The molecule has 2 aromatic heterocycles. The number of nitrogens with zero attached hydrogens (tertiary/aromatic N) is 4. The van der Waals surface area contributed by atoms with Gasteiger partial charge in [0.25, 0.3) is 5.56 Å². The van der Waals surface area contributed by atoms with Crippen LogP contribution in [-0.4, -0.2) is 52.6 Å². The van der Waals surface area contributed by atoms with Crippen molar-refractivity contribution < 1.29 is 8.78 Å². The van der Waals surface area contributed by atoms with Crippen LogP contribution >= 0.6 is 0 Å². The molecular formula is C22H26F2N6O. The van der Waals surface area contributed by atoms with Crippen LogP contribution in [0, 0.1) is 18.7 Å². The summed E-state index contributed by atoms with van der Waals surface area (Å²) in [6.07, 6.45) is 0. The smallest absolute Gasteiger partial charge is 0.269 e. The Morgan fingerprint density at radius 1 is 1.10 bits per heavy atom. The number of anilines is 1. The van der Waals surface area contributed by atoms with Gasteiger partial charge in [-0.3, -0.25) is 9.69 Å². The van der Waals surface area contributed by atoms with E-state index in [0.29, 0.717) is 67.4 Å². The van der Waals surface area contributed by atoms with Crippen LogP contribution in [0.1, 0.15) is 23.9 Å². The first-order valence-corrected chi connectivity index (χ1v) is 10.5. The fraction of sp³-hybridized carbons (Fsp3) is 0.409. The van der Waals surface area contributed by atoms with Crippen molar-refractivity contribution in [1.82, 2.24) is 25.2 Å². The maximum atomic E-state index is 14.9. The van der Waals surface area contributed by atoms with E-state index in [-0.39, 0.29) is 11.1 Å². The van der Waals surface area contributed by atoms with Gasteiger partial charge in [-0.05, 0) is 31.7 Å². The van der Waals surface area contributed by atoms with E-state index in [2.05, 4.69) is 25.2 Å². The lowest BCUT2D eigenvalue weighted by Crippen LogP contribution is -2.46. The summed E-state index contributed by atoms with van der Waals surface area (Å²) < 4.78 is 29.4. The zero-order valence-corrected chi connectivity index (χ0v) is 17.7. The quantitative estimate of drug-likeness (QED) is 0.587. The lowest BCUT2D eigenvalue weighted by Gasteiger charge is -2.36. The van der Waals surface area contributed by atoms with E-state index < -0.39 is 11.8 Å². The van der Waals surface area contributed by atoms with Crippen LogP contribution < -0.4 is 15.8 Å². The number of aryl methyl sites for hydroxylation is 1. The van der Waals surface area contributed by atoms with E-state index in [4.69, 9.17) is 0 Å². The number of H-pyrrole nitrogens is 1. The van der Waals surface area contributed by atoms with Crippen LogP contribution in [0.25, 0.3) is 11.0 Å². The summed E-state index contributed by atoms with van der Waals surface area (Å²) in [5.74, 6) is -0.910. The first kappa shape index (κ1) is 21.3. The molecule has 3 heterocycles. The maximum absolute atomic E-state index is 14.9. The van der Waals surface area contributed by atoms with Crippen molar-refractivity contribution in [2.45, 2.75) is 26.9 Å². The second kappa shape index (κ2) is 9.07. The molecule has 3 aromatic rings. The Bertz CT molecular complexity index is 1140. The predicted octanol–water partition coefficient (Wildman–Crippen LogP) is 2.34. The molecule has 1 aliphatic rings. The number of piperazine rings is 1. The van der Waals surface area contributed by atoms with E-state index in [0.717, 1.165) is 6.54 Å². The van der Waals surface area contributed by atoms with Gasteiger partial charge in [0.05, 0.1) is 16.9 Å². The number of fused-ring (bicyclic) bond motifs is 1. The number of halogens is 2. The molecule has 4 rings (SSSR count). The van der Waals surface area contributed by atoms with Crippen LogP contribution in [0.5, 0.6) is 0 Å². The van der Waals surface area contributed by atoms with Gasteiger partial charge in [-0.25, -0.2) is 14.4 Å². The summed E-state index contributed by atoms with van der Waals surface area (Å²) in [6, 6.07) is 7.05. The number of benzene rings is 1. The highest BCUT2D eigenvalue weighted by atomic mass is 19.1. The highest BCUT2D eigenvalue weighted by Gasteiger charge is 2.22. The van der Waals surface area contributed by atoms with Crippen LogP contribution in [0.2, 0.25) is 0 Å². The molecular weight excluding hydrogens is 402 g/mol. The molecule has 0 aliphatic carbocycles. The normalized spacial score (nSPS) is 15.0. The Kier molecular flexibility index (Phi) is 6.24. The molecule has 0 saturated carbocycles. The lowest BCUT2D eigenvalue weighted by molar-refractivity contribution is 0.246. The molecule has 1 saturated heterocycles. The fourth-order valence-corrected chi connectivity index (χ4v) is 3.82. The fourth-order valence-electron chi connectivity index (χ4n) is 3.82. The summed E-state index contributed by atoms with van der Waals surface area (Å²) in [5.41, 5.74) is 2.17. The highest BCUT2D eigenvalue weighted by molar-refractivity contribution is 5.75. The van der Waals surface area contributed by atoms with E-state index in [9.17, 15) is 13.6 Å². The maximum Gasteiger partial charge on any atom is 0.269 e. The van der Waals surface area contributed by atoms with E-state index in [1.807, 2.05) is 17.9 Å². The summed E-state index contributed by atoms with van der Waals surface area (Å²) in [7, 11) is 0. The van der Waals surface area contributed by atoms with Crippen molar-refractivity contribution in [3.63, 3.8) is 0 Å². The average Bonchev–Trinajstić information content (AvgIpc) is 2.76. The first-order chi connectivity index (χ1) is 15.0. The van der Waals surface area contributed by atoms with Crippen molar-refractivity contribution >= 4 is 16.7 Å². The third-order valence-electron chi connectivity index (χ3n) is 5.61. The zero-order valence-electron chi connectivity index (χ0n) is 17.7. The number of hydrogen-bond acceptors (Lipinski definition) is 6. The number of aromatic amines is 1. The number of aromatic nitrogens is 3. The molecule has 164 valence electrons. The third kappa shape index (κ3) is 4.57. The minimum atomic E-state index is -0.462. The Hall–Kier alpha value is -2.91. The van der Waals surface area contributed by atoms with Crippen molar-refractivity contribution in [3.8, 4) is 0 Å². The molecule has 0 bridgehead atoms. The second-order valence-corrected chi connectivity index (χ2v) is 7.74. The zero-order chi connectivity index (χ0) is 22.0. The number of nitrogens with one attached hydrogen (secondary N) is 2. The molecule has 1 fully saturated rings. The average molecular weight is 428 g/mol. The molecule has 31 heavy (non-hydrogen) atoms. The SMILES string of the molecule is CCNCc1ccc(N2CCN(Cc3ccc4nc(C)c(=O)[nH]c4c3F)CC2)c(F)n1. The van der Waals surface area contributed by atoms with Crippen molar-refractivity contribution in [2.24, 2.45) is 0 Å². The standard InChI is InChI=1S/C22H26F2N6O/c1-3-25-12-16-5-7-18(21(24)27-16)30-10-8-29(9-11-30)13-15-4-6-17-20(19(15)23)28-22(31)14(2)26-17/h4-7,25H,3,8-13H2,1-2H3,(H,28,31). The van der Waals surface area contributed by atoms with Crippen LogP contribution in [0.15, 0.2) is 29.1 Å². The minimum Gasteiger partial charge on any atom is -0.365 e. The predicted molar refractivity (Wildman–Crippen MR) is 116 cm³/mol. The van der Waals surface area contributed by atoms with E-state index >= 15 is 0 Å². The molecule has 7 nitrogen and oxygen atoms in total. The Labute approximate surface area is 179 Å². The second-order valence-electron chi connectivity index (χ2n) is 7.74. The van der Waals surface area contributed by atoms with E-state index in [1.165, 1.54) is 0 Å². The third-order valence-corrected chi connectivity index (χ3v) is 5.61. The largest absolute Gasteiger partial charge is 0.365 e. The topological polar surface area (TPSA) is 77.1 Å².